The van der Waals surface area contributed by atoms with Crippen molar-refractivity contribution in [1.82, 2.24) is 24.3 Å². The van der Waals surface area contributed by atoms with Crippen LogP contribution in [0.1, 0.15) is 37.3 Å². The number of morpholine rings is 1. The first-order chi connectivity index (χ1) is 13.5. The first-order valence-electron chi connectivity index (χ1n) is 10.4. The van der Waals surface area contributed by atoms with Gasteiger partial charge in [0, 0.05) is 58.4 Å². The molecule has 2 saturated heterocycles. The number of carbonyl (C=O) groups is 2. The third kappa shape index (κ3) is 3.74. The van der Waals surface area contributed by atoms with Crippen LogP contribution in [0.4, 0.5) is 4.79 Å². The molecule has 0 unspecified atom stereocenters. The second-order valence-electron chi connectivity index (χ2n) is 8.35. The second kappa shape index (κ2) is 8.11. The van der Waals surface area contributed by atoms with E-state index in [2.05, 4.69) is 4.98 Å². The predicted molar refractivity (Wildman–Crippen MR) is 104 cm³/mol. The van der Waals surface area contributed by atoms with E-state index in [9.17, 15) is 9.59 Å². The first-order valence-corrected chi connectivity index (χ1v) is 10.4. The van der Waals surface area contributed by atoms with Gasteiger partial charge in [0.2, 0.25) is 5.91 Å². The zero-order valence-electron chi connectivity index (χ0n) is 16.9. The fourth-order valence-electron chi connectivity index (χ4n) is 4.82. The van der Waals surface area contributed by atoms with Gasteiger partial charge >= 0.3 is 6.03 Å². The van der Waals surface area contributed by atoms with Crippen molar-refractivity contribution >= 4 is 11.9 Å². The van der Waals surface area contributed by atoms with Gasteiger partial charge < -0.3 is 24.0 Å². The van der Waals surface area contributed by atoms with E-state index >= 15 is 0 Å². The van der Waals surface area contributed by atoms with Gasteiger partial charge in [-0.2, -0.15) is 0 Å². The van der Waals surface area contributed by atoms with Crippen molar-refractivity contribution in [3.63, 3.8) is 0 Å². The Labute approximate surface area is 166 Å². The van der Waals surface area contributed by atoms with E-state index in [1.165, 1.54) is 12.8 Å². The number of hydrogen-bond donors (Lipinski definition) is 0. The van der Waals surface area contributed by atoms with E-state index in [1.54, 1.807) is 6.33 Å². The van der Waals surface area contributed by atoms with Crippen LogP contribution >= 0.6 is 0 Å². The van der Waals surface area contributed by atoms with Crippen LogP contribution in [0.5, 0.6) is 0 Å². The second-order valence-corrected chi connectivity index (χ2v) is 8.35. The number of ether oxygens (including phenoxy) is 1. The van der Waals surface area contributed by atoms with Crippen molar-refractivity contribution in [2.24, 2.45) is 13.0 Å². The van der Waals surface area contributed by atoms with Crippen LogP contribution in [0.3, 0.4) is 0 Å². The molecular formula is C20H31N5O3. The molecule has 2 atom stereocenters. The maximum atomic E-state index is 13.3. The minimum atomic E-state index is -0.242. The number of carbonyl (C=O) groups excluding carboxylic acids is 2. The molecule has 3 aliphatic rings. The average molecular weight is 390 g/mol. The summed E-state index contributed by atoms with van der Waals surface area (Å²) in [5.74, 6) is -0.177. The molecule has 1 aromatic rings. The van der Waals surface area contributed by atoms with Gasteiger partial charge in [0.1, 0.15) is 0 Å². The molecule has 154 valence electrons. The Balaban J connectivity index is 1.52. The maximum Gasteiger partial charge on any atom is 0.320 e. The first kappa shape index (κ1) is 19.2. The van der Waals surface area contributed by atoms with E-state index in [1.807, 2.05) is 39.6 Å². The summed E-state index contributed by atoms with van der Waals surface area (Å²) in [6.07, 6.45) is 8.28. The van der Waals surface area contributed by atoms with Crippen molar-refractivity contribution in [2.45, 2.75) is 37.6 Å². The third-order valence-corrected chi connectivity index (χ3v) is 6.51. The van der Waals surface area contributed by atoms with Crippen molar-refractivity contribution in [1.29, 1.82) is 0 Å². The molecule has 0 spiro atoms. The number of nitrogens with zero attached hydrogens (tertiary/aromatic N) is 5. The highest BCUT2D eigenvalue weighted by atomic mass is 16.5. The highest BCUT2D eigenvalue weighted by molar-refractivity contribution is 5.83. The number of aromatic nitrogens is 2. The summed E-state index contributed by atoms with van der Waals surface area (Å²) in [6.45, 7) is 3.43. The zero-order valence-corrected chi connectivity index (χ0v) is 16.9. The lowest BCUT2D eigenvalue weighted by molar-refractivity contribution is -0.139. The Hall–Kier alpha value is -2.09. The molecule has 8 heteroatoms. The minimum Gasteiger partial charge on any atom is -0.378 e. The molecule has 0 aromatic carbocycles. The van der Waals surface area contributed by atoms with Crippen molar-refractivity contribution < 1.29 is 14.3 Å². The topological polar surface area (TPSA) is 70.9 Å². The Morgan fingerprint density at radius 3 is 2.50 bits per heavy atom. The Bertz CT molecular complexity index is 708. The maximum absolute atomic E-state index is 13.3. The molecule has 0 radical (unpaired) electrons. The van der Waals surface area contributed by atoms with Gasteiger partial charge in [0.15, 0.2) is 0 Å². The summed E-state index contributed by atoms with van der Waals surface area (Å²) >= 11 is 0. The molecule has 3 amide bonds. The number of amides is 3. The summed E-state index contributed by atoms with van der Waals surface area (Å²) in [5, 5.41) is 0. The van der Waals surface area contributed by atoms with E-state index in [0.29, 0.717) is 45.4 Å². The van der Waals surface area contributed by atoms with E-state index in [-0.39, 0.29) is 23.8 Å². The summed E-state index contributed by atoms with van der Waals surface area (Å²) < 4.78 is 7.30. The quantitative estimate of drug-likeness (QED) is 0.781. The lowest BCUT2D eigenvalue weighted by Gasteiger charge is -2.31. The van der Waals surface area contributed by atoms with Crippen LogP contribution in [0, 0.1) is 5.92 Å². The fourth-order valence-corrected chi connectivity index (χ4v) is 4.82. The smallest absolute Gasteiger partial charge is 0.320 e. The van der Waals surface area contributed by atoms with Crippen LogP contribution < -0.4 is 0 Å². The normalized spacial score (nSPS) is 26.1. The molecule has 8 nitrogen and oxygen atoms in total. The number of hydrogen-bond acceptors (Lipinski definition) is 4. The molecule has 28 heavy (non-hydrogen) atoms. The Morgan fingerprint density at radius 1 is 1.14 bits per heavy atom. The largest absolute Gasteiger partial charge is 0.378 e. The Morgan fingerprint density at radius 2 is 1.86 bits per heavy atom. The summed E-state index contributed by atoms with van der Waals surface area (Å²) in [6, 6.07) is 0.375. The van der Waals surface area contributed by atoms with Gasteiger partial charge in [-0.1, -0.05) is 12.8 Å². The number of imidazole rings is 1. The van der Waals surface area contributed by atoms with Crippen LogP contribution in [0.15, 0.2) is 12.5 Å². The van der Waals surface area contributed by atoms with Crippen molar-refractivity contribution in [3.8, 4) is 0 Å². The molecular weight excluding hydrogens is 358 g/mol. The standard InChI is InChI=1S/C20H31N5O3/c1-22-13-18(21-14-22)16-11-25(20(27)23(2)15-5-3-4-6-15)12-17(16)19(26)24-7-9-28-10-8-24/h13-17H,3-12H2,1-2H3/t16-,17-/m1/s1. The summed E-state index contributed by atoms with van der Waals surface area (Å²) in [4.78, 5) is 36.6. The molecule has 1 saturated carbocycles. The van der Waals surface area contributed by atoms with Gasteiger partial charge in [-0.05, 0) is 12.8 Å². The number of urea groups is 1. The highest BCUT2D eigenvalue weighted by Gasteiger charge is 2.44. The number of aryl methyl sites for hydroxylation is 1. The molecule has 1 aromatic heterocycles. The van der Waals surface area contributed by atoms with Gasteiger partial charge in [0.25, 0.3) is 0 Å². The van der Waals surface area contributed by atoms with E-state index in [0.717, 1.165) is 18.5 Å². The van der Waals surface area contributed by atoms with Gasteiger partial charge in [0.05, 0.1) is 31.2 Å². The SMILES string of the molecule is CN(C(=O)N1C[C@@H](C(=O)N2CCOCC2)[C@H](c2cn(C)cn2)C1)C1CCCC1. The van der Waals surface area contributed by atoms with E-state index in [4.69, 9.17) is 4.74 Å². The molecule has 1 aliphatic carbocycles. The summed E-state index contributed by atoms with van der Waals surface area (Å²) in [5.41, 5.74) is 0.896. The summed E-state index contributed by atoms with van der Waals surface area (Å²) in [7, 11) is 3.84. The minimum absolute atomic E-state index is 0.0464. The van der Waals surface area contributed by atoms with Crippen LogP contribution in [-0.2, 0) is 16.6 Å². The number of rotatable bonds is 3. The molecule has 2 aliphatic heterocycles. The van der Waals surface area contributed by atoms with E-state index < -0.39 is 0 Å². The lowest BCUT2D eigenvalue weighted by Crippen LogP contribution is -2.46. The molecule has 3 fully saturated rings. The van der Waals surface area contributed by atoms with Crippen LogP contribution in [-0.4, -0.2) is 88.7 Å². The molecule has 0 bridgehead atoms. The zero-order chi connectivity index (χ0) is 19.7. The molecule has 3 heterocycles. The monoisotopic (exact) mass is 389 g/mol. The number of likely N-dealkylation sites (tertiary alicyclic amines) is 1. The average Bonchev–Trinajstić information content (AvgIpc) is 3.47. The van der Waals surface area contributed by atoms with Crippen molar-refractivity contribution in [3.05, 3.63) is 18.2 Å². The van der Waals surface area contributed by atoms with Gasteiger partial charge in [-0.25, -0.2) is 9.78 Å². The van der Waals surface area contributed by atoms with Gasteiger partial charge in [-0.3, -0.25) is 4.79 Å². The highest BCUT2D eigenvalue weighted by Crippen LogP contribution is 2.34. The predicted octanol–water partition coefficient (Wildman–Crippen LogP) is 1.29. The van der Waals surface area contributed by atoms with Crippen molar-refractivity contribution in [2.75, 3.05) is 46.4 Å². The molecule has 4 rings (SSSR count). The van der Waals surface area contributed by atoms with Crippen LogP contribution in [0.2, 0.25) is 0 Å². The fraction of sp³-hybridized carbons (Fsp3) is 0.750. The lowest BCUT2D eigenvalue weighted by atomic mass is 9.92. The Kier molecular flexibility index (Phi) is 5.57. The van der Waals surface area contributed by atoms with Gasteiger partial charge in [-0.15, -0.1) is 0 Å². The van der Waals surface area contributed by atoms with Crippen LogP contribution in [0.25, 0.3) is 0 Å². The third-order valence-electron chi connectivity index (χ3n) is 6.51. The molecule has 0 N–H and O–H groups in total.